The van der Waals surface area contributed by atoms with Crippen molar-refractivity contribution >= 4 is 5.91 Å². The van der Waals surface area contributed by atoms with Crippen molar-refractivity contribution < 1.29 is 27.1 Å². The summed E-state index contributed by atoms with van der Waals surface area (Å²) in [6.45, 7) is 0.327. The van der Waals surface area contributed by atoms with Gasteiger partial charge in [0.25, 0.3) is 0 Å². The molecule has 0 saturated carbocycles. The third kappa shape index (κ3) is 4.33. The molecule has 4 nitrogen and oxygen atoms in total. The van der Waals surface area contributed by atoms with Crippen molar-refractivity contribution in [1.82, 2.24) is 10.2 Å². The minimum Gasteiger partial charge on any atom is -0.405 e. The molecule has 1 aromatic carbocycles. The number of rotatable bonds is 4. The second kappa shape index (κ2) is 6.51. The van der Waals surface area contributed by atoms with E-state index in [9.17, 15) is 22.4 Å². The van der Waals surface area contributed by atoms with Crippen LogP contribution in [0.4, 0.5) is 17.6 Å². The highest BCUT2D eigenvalue weighted by Crippen LogP contribution is 2.28. The number of ether oxygens (including phenoxy) is 1. The van der Waals surface area contributed by atoms with Crippen molar-refractivity contribution in [2.45, 2.75) is 31.8 Å². The lowest BCUT2D eigenvalue weighted by atomic mass is 10.0. The number of halogens is 4. The highest BCUT2D eigenvalue weighted by atomic mass is 19.4. The Balaban J connectivity index is 2.04. The van der Waals surface area contributed by atoms with Gasteiger partial charge in [0.05, 0.1) is 0 Å². The zero-order valence-corrected chi connectivity index (χ0v) is 11.9. The Bertz CT molecular complexity index is 548. The van der Waals surface area contributed by atoms with Gasteiger partial charge in [-0.25, -0.2) is 4.39 Å². The number of likely N-dealkylation sites (N-methyl/N-ethyl adjacent to an activating group) is 1. The number of hydrogen-bond donors (Lipinski definition) is 1. The van der Waals surface area contributed by atoms with Crippen molar-refractivity contribution in [3.05, 3.63) is 29.6 Å². The predicted octanol–water partition coefficient (Wildman–Crippen LogP) is 2.43. The molecule has 1 heterocycles. The largest absolute Gasteiger partial charge is 0.573 e. The maximum atomic E-state index is 13.8. The molecule has 0 aliphatic carbocycles. The van der Waals surface area contributed by atoms with Crippen LogP contribution >= 0.6 is 0 Å². The number of carbonyl (C=O) groups excluding carboxylic acids is 1. The van der Waals surface area contributed by atoms with E-state index in [2.05, 4.69) is 10.1 Å². The molecule has 0 radical (unpaired) electrons. The zero-order valence-electron chi connectivity index (χ0n) is 11.9. The normalized spacial score (nSPS) is 19.4. The summed E-state index contributed by atoms with van der Waals surface area (Å²) in [5.41, 5.74) is -0.181. The van der Waals surface area contributed by atoms with E-state index in [1.807, 2.05) is 0 Å². The van der Waals surface area contributed by atoms with Crippen LogP contribution in [0.15, 0.2) is 18.2 Å². The van der Waals surface area contributed by atoms with Crippen molar-refractivity contribution in [1.29, 1.82) is 0 Å². The van der Waals surface area contributed by atoms with Crippen molar-refractivity contribution in [3.8, 4) is 5.75 Å². The van der Waals surface area contributed by atoms with E-state index in [-0.39, 0.29) is 24.1 Å². The number of piperidine rings is 1. The molecule has 1 aromatic rings. The van der Waals surface area contributed by atoms with Crippen molar-refractivity contribution in [2.75, 3.05) is 13.6 Å². The summed E-state index contributed by atoms with van der Waals surface area (Å²) < 4.78 is 54.6. The fourth-order valence-corrected chi connectivity index (χ4v) is 2.36. The third-order valence-electron chi connectivity index (χ3n) is 3.50. The SMILES string of the molecule is CN1CC(NCc2c(F)cccc2OC(F)(F)F)CCC1=O. The van der Waals surface area contributed by atoms with Gasteiger partial charge in [-0.2, -0.15) is 0 Å². The van der Waals surface area contributed by atoms with Crippen LogP contribution in [0.1, 0.15) is 18.4 Å². The first kappa shape index (κ1) is 16.5. The average Bonchev–Trinajstić information content (AvgIpc) is 2.40. The second-order valence-corrected chi connectivity index (χ2v) is 5.16. The van der Waals surface area contributed by atoms with Crippen molar-refractivity contribution in [2.24, 2.45) is 0 Å². The van der Waals surface area contributed by atoms with Gasteiger partial charge in [0.15, 0.2) is 0 Å². The fraction of sp³-hybridized carbons (Fsp3) is 0.500. The number of hydrogen-bond acceptors (Lipinski definition) is 3. The molecule has 0 spiro atoms. The van der Waals surface area contributed by atoms with Crippen LogP contribution in [0.25, 0.3) is 0 Å². The van der Waals surface area contributed by atoms with E-state index in [0.717, 1.165) is 18.2 Å². The Kier molecular flexibility index (Phi) is 4.90. The molecule has 1 N–H and O–H groups in total. The quantitative estimate of drug-likeness (QED) is 0.867. The van der Waals surface area contributed by atoms with Gasteiger partial charge in [-0.05, 0) is 18.6 Å². The van der Waals surface area contributed by atoms with E-state index < -0.39 is 17.9 Å². The molecule has 22 heavy (non-hydrogen) atoms. The van der Waals surface area contributed by atoms with Crippen molar-refractivity contribution in [3.63, 3.8) is 0 Å². The number of nitrogens with zero attached hydrogens (tertiary/aromatic N) is 1. The van der Waals surface area contributed by atoms with Gasteiger partial charge in [-0.1, -0.05) is 6.07 Å². The lowest BCUT2D eigenvalue weighted by Crippen LogP contribution is -2.46. The van der Waals surface area contributed by atoms with Gasteiger partial charge in [0.2, 0.25) is 5.91 Å². The molecule has 1 unspecified atom stereocenters. The molecule has 1 fully saturated rings. The number of nitrogens with one attached hydrogen (secondary N) is 1. The van der Waals surface area contributed by atoms with E-state index >= 15 is 0 Å². The molecule has 2 rings (SSSR count). The van der Waals surface area contributed by atoms with Crippen LogP contribution in [0.3, 0.4) is 0 Å². The van der Waals surface area contributed by atoms with E-state index in [1.54, 1.807) is 7.05 Å². The minimum atomic E-state index is -4.87. The maximum Gasteiger partial charge on any atom is 0.573 e. The van der Waals surface area contributed by atoms with Gasteiger partial charge in [0.1, 0.15) is 11.6 Å². The van der Waals surface area contributed by atoms with Crippen LogP contribution in [0, 0.1) is 5.82 Å². The van der Waals surface area contributed by atoms with E-state index in [4.69, 9.17) is 0 Å². The summed E-state index contributed by atoms with van der Waals surface area (Å²) in [6, 6.07) is 3.22. The minimum absolute atomic E-state index is 0.0186. The molecule has 1 saturated heterocycles. The predicted molar refractivity (Wildman–Crippen MR) is 70.6 cm³/mol. The molecule has 1 aliphatic heterocycles. The summed E-state index contributed by atoms with van der Waals surface area (Å²) in [6.07, 6.45) is -3.95. The monoisotopic (exact) mass is 320 g/mol. The molecular formula is C14H16F4N2O2. The molecular weight excluding hydrogens is 304 g/mol. The van der Waals surface area contributed by atoms with Crippen LogP contribution < -0.4 is 10.1 Å². The summed E-state index contributed by atoms with van der Waals surface area (Å²) in [5, 5.41) is 2.97. The van der Waals surface area contributed by atoms with Gasteiger partial charge < -0.3 is 15.0 Å². The average molecular weight is 320 g/mol. The number of benzene rings is 1. The molecule has 122 valence electrons. The Morgan fingerprint density at radius 2 is 2.14 bits per heavy atom. The second-order valence-electron chi connectivity index (χ2n) is 5.16. The molecule has 1 atom stereocenters. The molecule has 8 heteroatoms. The standard InChI is InChI=1S/C14H16F4N2O2/c1-20-8-9(5-6-13(20)21)19-7-10-11(15)3-2-4-12(10)22-14(16,17)18/h2-4,9,19H,5-8H2,1H3. The maximum absolute atomic E-state index is 13.8. The van der Waals surface area contributed by atoms with Crippen LogP contribution in [-0.4, -0.2) is 36.8 Å². The molecule has 0 bridgehead atoms. The van der Waals surface area contributed by atoms with E-state index in [1.165, 1.54) is 4.90 Å². The summed E-state index contributed by atoms with van der Waals surface area (Å²) in [5.74, 6) is -1.31. The number of alkyl halides is 3. The fourth-order valence-electron chi connectivity index (χ4n) is 2.36. The smallest absolute Gasteiger partial charge is 0.405 e. The first-order valence-corrected chi connectivity index (χ1v) is 6.77. The van der Waals surface area contributed by atoms with Gasteiger partial charge >= 0.3 is 6.36 Å². The first-order chi connectivity index (χ1) is 10.3. The van der Waals surface area contributed by atoms with Crippen LogP contribution in [0.2, 0.25) is 0 Å². The summed E-state index contributed by atoms with van der Waals surface area (Å²) >= 11 is 0. The lowest BCUT2D eigenvalue weighted by Gasteiger charge is -2.30. The summed E-state index contributed by atoms with van der Waals surface area (Å²) in [7, 11) is 1.65. The number of likely N-dealkylation sites (tertiary alicyclic amines) is 1. The third-order valence-corrected chi connectivity index (χ3v) is 3.50. The Labute approximate surface area is 125 Å². The van der Waals surface area contributed by atoms with Gasteiger partial charge in [-0.3, -0.25) is 4.79 Å². The first-order valence-electron chi connectivity index (χ1n) is 6.77. The Hall–Kier alpha value is -1.83. The molecule has 0 aromatic heterocycles. The highest BCUT2D eigenvalue weighted by Gasteiger charge is 2.32. The van der Waals surface area contributed by atoms with Gasteiger partial charge in [0, 0.05) is 38.2 Å². The van der Waals surface area contributed by atoms with Crippen LogP contribution in [-0.2, 0) is 11.3 Å². The Morgan fingerprint density at radius 3 is 2.77 bits per heavy atom. The lowest BCUT2D eigenvalue weighted by molar-refractivity contribution is -0.275. The zero-order chi connectivity index (χ0) is 16.3. The molecule has 1 aliphatic rings. The van der Waals surface area contributed by atoms with E-state index in [0.29, 0.717) is 19.4 Å². The topological polar surface area (TPSA) is 41.6 Å². The van der Waals surface area contributed by atoms with Crippen LogP contribution in [0.5, 0.6) is 5.75 Å². The van der Waals surface area contributed by atoms with Gasteiger partial charge in [-0.15, -0.1) is 13.2 Å². The number of carbonyl (C=O) groups is 1. The summed E-state index contributed by atoms with van der Waals surface area (Å²) in [4.78, 5) is 12.9. The molecule has 1 amide bonds. The Morgan fingerprint density at radius 1 is 1.41 bits per heavy atom. The number of amides is 1. The highest BCUT2D eigenvalue weighted by molar-refractivity contribution is 5.76.